The van der Waals surface area contributed by atoms with Gasteiger partial charge in [0, 0.05) is 50.7 Å². The third-order valence-electron chi connectivity index (χ3n) is 6.38. The summed E-state index contributed by atoms with van der Waals surface area (Å²) in [5, 5.41) is 4.98. The fourth-order valence-corrected chi connectivity index (χ4v) is 4.58. The van der Waals surface area contributed by atoms with E-state index in [-0.39, 0.29) is 11.7 Å². The minimum atomic E-state index is -0.259. The molecule has 0 saturated carbocycles. The molecule has 1 aromatic carbocycles. The quantitative estimate of drug-likeness (QED) is 0.556. The molecule has 1 amide bonds. The van der Waals surface area contributed by atoms with Crippen molar-refractivity contribution in [3.63, 3.8) is 0 Å². The fourth-order valence-electron chi connectivity index (χ4n) is 4.58. The molecule has 7 heteroatoms. The van der Waals surface area contributed by atoms with E-state index in [9.17, 15) is 9.18 Å². The Morgan fingerprint density at radius 3 is 2.21 bits per heavy atom. The van der Waals surface area contributed by atoms with Crippen molar-refractivity contribution in [3.8, 4) is 5.69 Å². The van der Waals surface area contributed by atoms with Crippen LogP contribution in [-0.4, -0.2) is 64.3 Å². The summed E-state index contributed by atoms with van der Waals surface area (Å²) in [7, 11) is 0. The van der Waals surface area contributed by atoms with Crippen molar-refractivity contribution in [2.45, 2.75) is 67.0 Å². The smallest absolute Gasteiger partial charge is 0.222 e. The predicted molar refractivity (Wildman–Crippen MR) is 132 cm³/mol. The minimum Gasteiger partial charge on any atom is -0.354 e. The first kappa shape index (κ1) is 25.2. The summed E-state index contributed by atoms with van der Waals surface area (Å²) in [6, 6.07) is 7.04. The number of hydrogen-bond donors (Lipinski definition) is 0. The van der Waals surface area contributed by atoms with Crippen LogP contribution in [0.3, 0.4) is 0 Å². The van der Waals surface area contributed by atoms with Crippen LogP contribution in [0.2, 0.25) is 0 Å². The van der Waals surface area contributed by atoms with Gasteiger partial charge < -0.3 is 9.80 Å². The summed E-state index contributed by atoms with van der Waals surface area (Å²) in [5.74, 6) is 1.33. The number of piperazine rings is 1. The number of rotatable bonds is 9. The monoisotopic (exact) mass is 457 g/mol. The molecular weight excluding hydrogens is 417 g/mol. The van der Waals surface area contributed by atoms with E-state index in [0.29, 0.717) is 24.9 Å². The molecule has 0 N–H and O–H groups in total. The largest absolute Gasteiger partial charge is 0.354 e. The Morgan fingerprint density at radius 1 is 1.06 bits per heavy atom. The molecule has 0 bridgehead atoms. The van der Waals surface area contributed by atoms with Gasteiger partial charge in [-0.25, -0.2) is 9.07 Å². The molecule has 2 heterocycles. The van der Waals surface area contributed by atoms with Crippen molar-refractivity contribution in [1.82, 2.24) is 19.6 Å². The van der Waals surface area contributed by atoms with Gasteiger partial charge in [-0.15, -0.1) is 0 Å². The molecule has 182 valence electrons. The molecule has 33 heavy (non-hydrogen) atoms. The van der Waals surface area contributed by atoms with Gasteiger partial charge in [-0.05, 0) is 50.5 Å². The van der Waals surface area contributed by atoms with Gasteiger partial charge in [0.1, 0.15) is 11.6 Å². The zero-order valence-corrected chi connectivity index (χ0v) is 21.1. The summed E-state index contributed by atoms with van der Waals surface area (Å²) in [5.41, 5.74) is 2.96. The molecule has 0 aliphatic carbocycles. The maximum atomic E-state index is 13.7. The van der Waals surface area contributed by atoms with Crippen molar-refractivity contribution < 1.29 is 9.18 Å². The SMILES string of the molecule is CCC(=O)N(Cc1c(CC)nn(-c2ccc(F)cc2)c1N1CCN(C(C)C)CC1)CC(C)C. The standard InChI is InChI=1S/C26H40FN5O/c1-7-24-23(18-31(17-19(3)4)25(33)8-2)26(30-15-13-29(14-16-30)20(5)6)32(28-24)22-11-9-21(27)10-12-22/h9-12,19-20H,7-8,13-18H2,1-6H3. The van der Waals surface area contributed by atoms with Crippen molar-refractivity contribution in [2.24, 2.45) is 5.92 Å². The van der Waals surface area contributed by atoms with E-state index >= 15 is 0 Å². The van der Waals surface area contributed by atoms with Crippen molar-refractivity contribution in [2.75, 3.05) is 37.6 Å². The van der Waals surface area contributed by atoms with Crippen LogP contribution in [-0.2, 0) is 17.8 Å². The molecule has 3 rings (SSSR count). The highest BCUT2D eigenvalue weighted by Crippen LogP contribution is 2.31. The number of carbonyl (C=O) groups excluding carboxylic acids is 1. The molecule has 0 radical (unpaired) electrons. The normalized spacial score (nSPS) is 15.0. The number of aromatic nitrogens is 2. The van der Waals surface area contributed by atoms with E-state index in [2.05, 4.69) is 44.4 Å². The molecule has 1 saturated heterocycles. The second-order valence-electron chi connectivity index (χ2n) is 9.63. The third-order valence-corrected chi connectivity index (χ3v) is 6.38. The fraction of sp³-hybridized carbons (Fsp3) is 0.615. The number of benzene rings is 1. The van der Waals surface area contributed by atoms with Gasteiger partial charge in [0.25, 0.3) is 0 Å². The van der Waals surface area contributed by atoms with Crippen LogP contribution >= 0.6 is 0 Å². The molecule has 1 aliphatic heterocycles. The highest BCUT2D eigenvalue weighted by atomic mass is 19.1. The van der Waals surface area contributed by atoms with Crippen LogP contribution < -0.4 is 4.90 Å². The van der Waals surface area contributed by atoms with Crippen LogP contribution in [0.1, 0.15) is 59.2 Å². The minimum absolute atomic E-state index is 0.163. The lowest BCUT2D eigenvalue weighted by Crippen LogP contribution is -2.49. The molecule has 6 nitrogen and oxygen atoms in total. The molecule has 0 spiro atoms. The molecule has 0 atom stereocenters. The molecule has 1 aromatic heterocycles. The second kappa shape index (κ2) is 11.1. The van der Waals surface area contributed by atoms with E-state index in [1.54, 1.807) is 12.1 Å². The van der Waals surface area contributed by atoms with Crippen molar-refractivity contribution >= 4 is 11.7 Å². The number of halogens is 1. The Balaban J connectivity index is 2.07. The van der Waals surface area contributed by atoms with Gasteiger partial charge >= 0.3 is 0 Å². The maximum Gasteiger partial charge on any atom is 0.222 e. The first-order valence-electron chi connectivity index (χ1n) is 12.4. The summed E-state index contributed by atoms with van der Waals surface area (Å²) >= 11 is 0. The number of carbonyl (C=O) groups is 1. The third kappa shape index (κ3) is 5.94. The zero-order chi connectivity index (χ0) is 24.1. The molecule has 1 fully saturated rings. The van der Waals surface area contributed by atoms with Gasteiger partial charge in [0.2, 0.25) is 5.91 Å². The Hall–Kier alpha value is -2.41. The number of anilines is 1. The summed E-state index contributed by atoms with van der Waals surface area (Å²) in [4.78, 5) is 19.7. The average molecular weight is 458 g/mol. The van der Waals surface area contributed by atoms with E-state index in [1.165, 1.54) is 12.1 Å². The Kier molecular flexibility index (Phi) is 8.51. The van der Waals surface area contributed by atoms with Crippen LogP contribution in [0.25, 0.3) is 5.69 Å². The lowest BCUT2D eigenvalue weighted by atomic mass is 10.1. The Morgan fingerprint density at radius 2 is 1.70 bits per heavy atom. The first-order chi connectivity index (χ1) is 15.7. The second-order valence-corrected chi connectivity index (χ2v) is 9.63. The van der Waals surface area contributed by atoms with E-state index in [4.69, 9.17) is 5.10 Å². The van der Waals surface area contributed by atoms with Crippen LogP contribution in [0.4, 0.5) is 10.2 Å². The Bertz CT molecular complexity index is 914. The maximum absolute atomic E-state index is 13.7. The van der Waals surface area contributed by atoms with Gasteiger partial charge in [-0.3, -0.25) is 9.69 Å². The van der Waals surface area contributed by atoms with Crippen LogP contribution in [0.15, 0.2) is 24.3 Å². The summed E-state index contributed by atoms with van der Waals surface area (Å²) in [6.07, 6.45) is 1.26. The van der Waals surface area contributed by atoms with Gasteiger partial charge in [-0.1, -0.05) is 27.7 Å². The topological polar surface area (TPSA) is 44.6 Å². The number of amides is 1. The summed E-state index contributed by atoms with van der Waals surface area (Å²) < 4.78 is 15.6. The van der Waals surface area contributed by atoms with Crippen molar-refractivity contribution in [1.29, 1.82) is 0 Å². The van der Waals surface area contributed by atoms with Crippen LogP contribution in [0, 0.1) is 11.7 Å². The molecule has 0 unspecified atom stereocenters. The van der Waals surface area contributed by atoms with Crippen LogP contribution in [0.5, 0.6) is 0 Å². The lowest BCUT2D eigenvalue weighted by molar-refractivity contribution is -0.132. The van der Waals surface area contributed by atoms with Gasteiger partial charge in [0.15, 0.2) is 0 Å². The zero-order valence-electron chi connectivity index (χ0n) is 21.1. The summed E-state index contributed by atoms with van der Waals surface area (Å²) in [6.45, 7) is 17.8. The molecule has 2 aromatic rings. The average Bonchev–Trinajstić information content (AvgIpc) is 3.16. The molecule has 1 aliphatic rings. The highest BCUT2D eigenvalue weighted by Gasteiger charge is 2.29. The highest BCUT2D eigenvalue weighted by molar-refractivity contribution is 5.76. The number of aryl methyl sites for hydroxylation is 1. The lowest BCUT2D eigenvalue weighted by Gasteiger charge is -2.38. The van der Waals surface area contributed by atoms with E-state index in [0.717, 1.165) is 61.9 Å². The Labute approximate surface area is 198 Å². The van der Waals surface area contributed by atoms with E-state index < -0.39 is 0 Å². The van der Waals surface area contributed by atoms with Crippen molar-refractivity contribution in [3.05, 3.63) is 41.3 Å². The first-order valence-corrected chi connectivity index (χ1v) is 12.4. The molecular formula is C26H40FN5O. The van der Waals surface area contributed by atoms with Gasteiger partial charge in [-0.2, -0.15) is 5.10 Å². The number of nitrogens with zero attached hydrogens (tertiary/aromatic N) is 5. The predicted octanol–water partition coefficient (Wildman–Crippen LogP) is 4.50. The van der Waals surface area contributed by atoms with Gasteiger partial charge in [0.05, 0.1) is 17.9 Å². The number of hydrogen-bond acceptors (Lipinski definition) is 4. The van der Waals surface area contributed by atoms with E-state index in [1.807, 2.05) is 16.5 Å².